The van der Waals surface area contributed by atoms with E-state index in [9.17, 15) is 4.79 Å². The molecular formula is C16H26N2O2S. The highest BCUT2D eigenvalue weighted by molar-refractivity contribution is 7.15. The standard InChI is InChI=1S/C16H26N2O2S/c1-3-6-12-8-9-13-14(11-12)21-16(17-13)18-15(19)7-5-10-20-4-2/h12H,3-11H2,1-2H3,(H,17,18,19). The van der Waals surface area contributed by atoms with Crippen LogP contribution in [0.2, 0.25) is 0 Å². The van der Waals surface area contributed by atoms with Gasteiger partial charge in [-0.1, -0.05) is 19.8 Å². The third-order valence-electron chi connectivity index (χ3n) is 3.88. The molecular weight excluding hydrogens is 284 g/mol. The van der Waals surface area contributed by atoms with Crippen molar-refractivity contribution in [2.24, 2.45) is 5.92 Å². The Labute approximate surface area is 131 Å². The number of carbonyl (C=O) groups is 1. The zero-order valence-corrected chi connectivity index (χ0v) is 13.9. The van der Waals surface area contributed by atoms with E-state index in [4.69, 9.17) is 4.74 Å². The molecule has 0 aliphatic heterocycles. The number of carbonyl (C=O) groups excluding carboxylic acids is 1. The second-order valence-corrected chi connectivity index (χ2v) is 6.72. The second-order valence-electron chi connectivity index (χ2n) is 5.64. The van der Waals surface area contributed by atoms with Gasteiger partial charge in [0.05, 0.1) is 5.69 Å². The minimum atomic E-state index is 0.0471. The Bertz CT molecular complexity index is 459. The lowest BCUT2D eigenvalue weighted by atomic mass is 9.88. The highest BCUT2D eigenvalue weighted by Gasteiger charge is 2.22. The third kappa shape index (κ3) is 5.08. The van der Waals surface area contributed by atoms with Gasteiger partial charge in [-0.05, 0) is 38.5 Å². The average Bonchev–Trinajstić information content (AvgIpc) is 2.85. The van der Waals surface area contributed by atoms with Crippen molar-refractivity contribution in [3.8, 4) is 0 Å². The maximum atomic E-state index is 11.9. The van der Waals surface area contributed by atoms with E-state index in [2.05, 4.69) is 17.2 Å². The van der Waals surface area contributed by atoms with Crippen molar-refractivity contribution >= 4 is 22.4 Å². The molecule has 1 unspecified atom stereocenters. The molecule has 0 bridgehead atoms. The molecule has 1 aromatic heterocycles. The molecule has 0 saturated carbocycles. The molecule has 0 fully saturated rings. The van der Waals surface area contributed by atoms with Crippen LogP contribution in [0.25, 0.3) is 0 Å². The number of ether oxygens (including phenoxy) is 1. The summed E-state index contributed by atoms with van der Waals surface area (Å²) in [7, 11) is 0. The van der Waals surface area contributed by atoms with E-state index >= 15 is 0 Å². The van der Waals surface area contributed by atoms with Crippen LogP contribution in [0.3, 0.4) is 0 Å². The summed E-state index contributed by atoms with van der Waals surface area (Å²) in [6.07, 6.45) is 7.27. The number of anilines is 1. The Kier molecular flexibility index (Phi) is 6.64. The van der Waals surface area contributed by atoms with Crippen LogP contribution in [0, 0.1) is 5.92 Å². The van der Waals surface area contributed by atoms with Gasteiger partial charge in [-0.25, -0.2) is 4.98 Å². The minimum Gasteiger partial charge on any atom is -0.382 e. The molecule has 0 radical (unpaired) electrons. The van der Waals surface area contributed by atoms with Crippen molar-refractivity contribution in [1.82, 2.24) is 4.98 Å². The van der Waals surface area contributed by atoms with Gasteiger partial charge in [0.25, 0.3) is 0 Å². The molecule has 1 aliphatic rings. The number of thiazole rings is 1. The maximum absolute atomic E-state index is 11.9. The number of hydrogen-bond donors (Lipinski definition) is 1. The molecule has 1 heterocycles. The molecule has 21 heavy (non-hydrogen) atoms. The van der Waals surface area contributed by atoms with Crippen molar-refractivity contribution < 1.29 is 9.53 Å². The molecule has 0 spiro atoms. The van der Waals surface area contributed by atoms with E-state index in [1.165, 1.54) is 29.8 Å². The van der Waals surface area contributed by atoms with Crippen molar-refractivity contribution in [1.29, 1.82) is 0 Å². The molecule has 5 heteroatoms. The average molecular weight is 310 g/mol. The number of hydrogen-bond acceptors (Lipinski definition) is 4. The fourth-order valence-electron chi connectivity index (χ4n) is 2.81. The molecule has 0 saturated heterocycles. The maximum Gasteiger partial charge on any atom is 0.226 e. The predicted molar refractivity (Wildman–Crippen MR) is 86.9 cm³/mol. The number of amides is 1. The first-order valence-electron chi connectivity index (χ1n) is 8.09. The summed E-state index contributed by atoms with van der Waals surface area (Å²) in [5.74, 6) is 0.851. The summed E-state index contributed by atoms with van der Waals surface area (Å²) in [5.41, 5.74) is 1.21. The van der Waals surface area contributed by atoms with E-state index in [1.54, 1.807) is 11.3 Å². The van der Waals surface area contributed by atoms with Gasteiger partial charge in [0.15, 0.2) is 5.13 Å². The normalized spacial score (nSPS) is 17.5. The number of rotatable bonds is 8. The summed E-state index contributed by atoms with van der Waals surface area (Å²) in [4.78, 5) is 17.8. The first-order valence-corrected chi connectivity index (χ1v) is 8.90. The largest absolute Gasteiger partial charge is 0.382 e. The van der Waals surface area contributed by atoms with Crippen LogP contribution in [-0.4, -0.2) is 24.1 Å². The van der Waals surface area contributed by atoms with Gasteiger partial charge >= 0.3 is 0 Å². The van der Waals surface area contributed by atoms with E-state index in [1.807, 2.05) is 6.92 Å². The van der Waals surface area contributed by atoms with Crippen molar-refractivity contribution in [2.45, 2.75) is 58.8 Å². The van der Waals surface area contributed by atoms with Crippen LogP contribution in [0.15, 0.2) is 0 Å². The van der Waals surface area contributed by atoms with E-state index in [-0.39, 0.29) is 5.91 Å². The number of nitrogens with zero attached hydrogens (tertiary/aromatic N) is 1. The molecule has 2 rings (SSSR count). The van der Waals surface area contributed by atoms with Crippen LogP contribution in [0.1, 0.15) is 56.5 Å². The molecule has 1 aliphatic carbocycles. The van der Waals surface area contributed by atoms with Gasteiger partial charge in [-0.2, -0.15) is 0 Å². The van der Waals surface area contributed by atoms with Gasteiger partial charge in [-0.3, -0.25) is 4.79 Å². The topological polar surface area (TPSA) is 51.2 Å². The highest BCUT2D eigenvalue weighted by atomic mass is 32.1. The van der Waals surface area contributed by atoms with Crippen LogP contribution in [0.5, 0.6) is 0 Å². The smallest absolute Gasteiger partial charge is 0.226 e. The van der Waals surface area contributed by atoms with E-state index in [0.29, 0.717) is 19.6 Å². The van der Waals surface area contributed by atoms with Crippen molar-refractivity contribution in [3.63, 3.8) is 0 Å². The Hall–Kier alpha value is -0.940. The van der Waals surface area contributed by atoms with Gasteiger partial charge in [0, 0.05) is 24.5 Å². The van der Waals surface area contributed by atoms with Crippen LogP contribution < -0.4 is 5.32 Å². The molecule has 1 N–H and O–H groups in total. The zero-order valence-electron chi connectivity index (χ0n) is 13.1. The quantitative estimate of drug-likeness (QED) is 0.743. The zero-order chi connectivity index (χ0) is 15.1. The van der Waals surface area contributed by atoms with Crippen LogP contribution >= 0.6 is 11.3 Å². The van der Waals surface area contributed by atoms with Crippen LogP contribution in [-0.2, 0) is 22.4 Å². The second kappa shape index (κ2) is 8.49. The number of fused-ring (bicyclic) bond motifs is 1. The Morgan fingerprint density at radius 2 is 2.33 bits per heavy atom. The van der Waals surface area contributed by atoms with E-state index < -0.39 is 0 Å². The number of aromatic nitrogens is 1. The highest BCUT2D eigenvalue weighted by Crippen LogP contribution is 2.34. The molecule has 4 nitrogen and oxygen atoms in total. The third-order valence-corrected chi connectivity index (χ3v) is 4.92. The van der Waals surface area contributed by atoms with Gasteiger partial charge in [0.1, 0.15) is 0 Å². The minimum absolute atomic E-state index is 0.0471. The SMILES string of the molecule is CCCC1CCc2nc(NC(=O)CCCOCC)sc2C1. The summed E-state index contributed by atoms with van der Waals surface area (Å²) in [6.45, 7) is 5.57. The fraction of sp³-hybridized carbons (Fsp3) is 0.750. The summed E-state index contributed by atoms with van der Waals surface area (Å²) in [6, 6.07) is 0. The lowest BCUT2D eigenvalue weighted by Gasteiger charge is -2.19. The summed E-state index contributed by atoms with van der Waals surface area (Å²) < 4.78 is 5.24. The predicted octanol–water partition coefficient (Wildman–Crippen LogP) is 3.80. The first kappa shape index (κ1) is 16.4. The van der Waals surface area contributed by atoms with Crippen molar-refractivity contribution in [3.05, 3.63) is 10.6 Å². The van der Waals surface area contributed by atoms with Crippen LogP contribution in [0.4, 0.5) is 5.13 Å². The Morgan fingerprint density at radius 1 is 1.48 bits per heavy atom. The monoisotopic (exact) mass is 310 g/mol. The fourth-order valence-corrected chi connectivity index (χ4v) is 3.95. The molecule has 0 aromatic carbocycles. The molecule has 1 amide bonds. The first-order chi connectivity index (χ1) is 10.2. The summed E-state index contributed by atoms with van der Waals surface area (Å²) in [5, 5.41) is 3.71. The summed E-state index contributed by atoms with van der Waals surface area (Å²) >= 11 is 1.66. The lowest BCUT2D eigenvalue weighted by molar-refractivity contribution is -0.116. The Morgan fingerprint density at radius 3 is 3.10 bits per heavy atom. The number of aryl methyl sites for hydroxylation is 1. The molecule has 118 valence electrons. The molecule has 1 aromatic rings. The lowest BCUT2D eigenvalue weighted by Crippen LogP contribution is -2.13. The number of nitrogens with one attached hydrogen (secondary N) is 1. The van der Waals surface area contributed by atoms with Crippen molar-refractivity contribution in [2.75, 3.05) is 18.5 Å². The van der Waals surface area contributed by atoms with Gasteiger partial charge < -0.3 is 10.1 Å². The van der Waals surface area contributed by atoms with E-state index in [0.717, 1.165) is 30.3 Å². The van der Waals surface area contributed by atoms with Gasteiger partial charge in [-0.15, -0.1) is 11.3 Å². The van der Waals surface area contributed by atoms with Gasteiger partial charge in [0.2, 0.25) is 5.91 Å². The molecule has 1 atom stereocenters. The Balaban J connectivity index is 1.81.